The van der Waals surface area contributed by atoms with Gasteiger partial charge in [-0.3, -0.25) is 13.9 Å². The molecule has 1 aromatic carbocycles. The standard InChI is InChI=1S/C16H20N2O2/c1-17-14-10-6-5-9-13(14)15(19)18(16(17)20)11-12-7-3-2-4-8-12/h5-6,9-10,12H,2-4,7-8,11H2,1H3. The largest absolute Gasteiger partial charge is 0.331 e. The SMILES string of the molecule is Cn1c(=O)n(CC2CCCCC2)c(=O)c2ccccc21. The van der Waals surface area contributed by atoms with Crippen molar-refractivity contribution in [1.29, 1.82) is 0 Å². The molecule has 1 fully saturated rings. The number of fused-ring (bicyclic) bond motifs is 1. The molecule has 1 heterocycles. The van der Waals surface area contributed by atoms with Crippen molar-refractivity contribution in [2.45, 2.75) is 38.6 Å². The number of benzene rings is 1. The number of hydrogen-bond donors (Lipinski definition) is 0. The van der Waals surface area contributed by atoms with Crippen LogP contribution in [-0.2, 0) is 13.6 Å². The Morgan fingerprint density at radius 1 is 1.10 bits per heavy atom. The number of para-hydroxylation sites is 1. The Hall–Kier alpha value is -1.84. The van der Waals surface area contributed by atoms with Gasteiger partial charge in [0, 0.05) is 13.6 Å². The van der Waals surface area contributed by atoms with E-state index in [9.17, 15) is 9.59 Å². The number of nitrogens with zero attached hydrogens (tertiary/aromatic N) is 2. The lowest BCUT2D eigenvalue weighted by Gasteiger charge is -2.22. The zero-order valence-electron chi connectivity index (χ0n) is 11.8. The molecule has 0 spiro atoms. The molecule has 0 saturated heterocycles. The van der Waals surface area contributed by atoms with Crippen LogP contribution in [0.4, 0.5) is 0 Å². The van der Waals surface area contributed by atoms with E-state index in [0.29, 0.717) is 23.4 Å². The highest BCUT2D eigenvalue weighted by Gasteiger charge is 2.17. The van der Waals surface area contributed by atoms with E-state index in [4.69, 9.17) is 0 Å². The van der Waals surface area contributed by atoms with Gasteiger partial charge in [-0.05, 0) is 30.9 Å². The lowest BCUT2D eigenvalue weighted by molar-refractivity contribution is 0.310. The van der Waals surface area contributed by atoms with Gasteiger partial charge < -0.3 is 0 Å². The molecule has 106 valence electrons. The molecule has 1 aromatic heterocycles. The van der Waals surface area contributed by atoms with E-state index in [1.54, 1.807) is 17.7 Å². The normalized spacial score (nSPS) is 16.6. The maximum absolute atomic E-state index is 12.5. The van der Waals surface area contributed by atoms with Crippen molar-refractivity contribution >= 4 is 10.9 Å². The van der Waals surface area contributed by atoms with Crippen LogP contribution < -0.4 is 11.2 Å². The monoisotopic (exact) mass is 272 g/mol. The second-order valence-corrected chi connectivity index (χ2v) is 5.78. The molecule has 0 radical (unpaired) electrons. The summed E-state index contributed by atoms with van der Waals surface area (Å²) < 4.78 is 3.01. The van der Waals surface area contributed by atoms with E-state index < -0.39 is 0 Å². The van der Waals surface area contributed by atoms with Crippen molar-refractivity contribution in [1.82, 2.24) is 9.13 Å². The first-order valence-corrected chi connectivity index (χ1v) is 7.37. The highest BCUT2D eigenvalue weighted by Crippen LogP contribution is 2.24. The third-order valence-electron chi connectivity index (χ3n) is 4.42. The molecule has 1 aliphatic carbocycles. The number of hydrogen-bond acceptors (Lipinski definition) is 2. The van der Waals surface area contributed by atoms with Gasteiger partial charge >= 0.3 is 5.69 Å². The van der Waals surface area contributed by atoms with Crippen molar-refractivity contribution < 1.29 is 0 Å². The van der Waals surface area contributed by atoms with E-state index >= 15 is 0 Å². The summed E-state index contributed by atoms with van der Waals surface area (Å²) in [7, 11) is 1.74. The molecule has 1 aliphatic rings. The van der Waals surface area contributed by atoms with Crippen LogP contribution in [0.1, 0.15) is 32.1 Å². The summed E-state index contributed by atoms with van der Waals surface area (Å²) in [5.74, 6) is 0.468. The van der Waals surface area contributed by atoms with Gasteiger partial charge in [0.2, 0.25) is 0 Å². The molecule has 3 rings (SSSR count). The van der Waals surface area contributed by atoms with Crippen molar-refractivity contribution in [3.05, 3.63) is 45.1 Å². The predicted octanol–water partition coefficient (Wildman–Crippen LogP) is 2.28. The molecule has 0 aliphatic heterocycles. The Labute approximate surface area is 117 Å². The number of rotatable bonds is 2. The summed E-state index contributed by atoms with van der Waals surface area (Å²) in [4.78, 5) is 24.9. The molecule has 4 heteroatoms. The molecular formula is C16H20N2O2. The van der Waals surface area contributed by atoms with Crippen molar-refractivity contribution in [2.24, 2.45) is 13.0 Å². The van der Waals surface area contributed by atoms with Crippen molar-refractivity contribution in [3.8, 4) is 0 Å². The summed E-state index contributed by atoms with van der Waals surface area (Å²) >= 11 is 0. The van der Waals surface area contributed by atoms with Gasteiger partial charge in [-0.1, -0.05) is 31.4 Å². The molecule has 0 bridgehead atoms. The second kappa shape index (κ2) is 5.27. The fraction of sp³-hybridized carbons (Fsp3) is 0.500. The van der Waals surface area contributed by atoms with Crippen LogP contribution in [-0.4, -0.2) is 9.13 Å². The lowest BCUT2D eigenvalue weighted by Crippen LogP contribution is -2.40. The van der Waals surface area contributed by atoms with Crippen LogP contribution in [0.3, 0.4) is 0 Å². The average Bonchev–Trinajstić information content (AvgIpc) is 2.50. The first-order valence-electron chi connectivity index (χ1n) is 7.37. The summed E-state index contributed by atoms with van der Waals surface area (Å²) in [5, 5.41) is 0.630. The zero-order valence-corrected chi connectivity index (χ0v) is 11.8. The third-order valence-corrected chi connectivity index (χ3v) is 4.42. The Morgan fingerprint density at radius 3 is 2.55 bits per heavy atom. The topological polar surface area (TPSA) is 44.0 Å². The molecule has 0 atom stereocenters. The maximum Gasteiger partial charge on any atom is 0.331 e. The fourth-order valence-electron chi connectivity index (χ4n) is 3.25. The van der Waals surface area contributed by atoms with Crippen LogP contribution >= 0.6 is 0 Å². The molecular weight excluding hydrogens is 252 g/mol. The fourth-order valence-corrected chi connectivity index (χ4v) is 3.25. The summed E-state index contributed by atoms with van der Waals surface area (Å²) in [6.07, 6.45) is 5.96. The zero-order chi connectivity index (χ0) is 14.1. The van der Waals surface area contributed by atoms with Gasteiger partial charge in [0.25, 0.3) is 5.56 Å². The lowest BCUT2D eigenvalue weighted by atomic mass is 9.89. The number of aryl methyl sites for hydroxylation is 1. The summed E-state index contributed by atoms with van der Waals surface area (Å²) in [6, 6.07) is 7.32. The quantitative estimate of drug-likeness (QED) is 0.842. The second-order valence-electron chi connectivity index (χ2n) is 5.78. The van der Waals surface area contributed by atoms with E-state index in [1.807, 2.05) is 18.2 Å². The van der Waals surface area contributed by atoms with E-state index in [1.165, 1.54) is 23.8 Å². The Kier molecular flexibility index (Phi) is 3.47. The van der Waals surface area contributed by atoms with Crippen LogP contribution in [0.5, 0.6) is 0 Å². The Morgan fingerprint density at radius 2 is 1.80 bits per heavy atom. The highest BCUT2D eigenvalue weighted by molar-refractivity contribution is 5.77. The molecule has 0 N–H and O–H groups in total. The minimum Gasteiger partial charge on any atom is -0.296 e. The Balaban J connectivity index is 2.10. The van der Waals surface area contributed by atoms with Gasteiger partial charge in [-0.2, -0.15) is 0 Å². The highest BCUT2D eigenvalue weighted by atomic mass is 16.2. The molecule has 1 saturated carbocycles. The van der Waals surface area contributed by atoms with E-state index in [2.05, 4.69) is 0 Å². The van der Waals surface area contributed by atoms with E-state index in [-0.39, 0.29) is 11.2 Å². The van der Waals surface area contributed by atoms with Gasteiger partial charge in [0.15, 0.2) is 0 Å². The predicted molar refractivity (Wildman–Crippen MR) is 80.0 cm³/mol. The number of aromatic nitrogens is 2. The molecule has 20 heavy (non-hydrogen) atoms. The molecule has 0 unspecified atom stereocenters. The van der Waals surface area contributed by atoms with E-state index in [0.717, 1.165) is 12.8 Å². The molecule has 0 amide bonds. The Bertz CT molecular complexity index is 736. The third kappa shape index (κ3) is 2.19. The van der Waals surface area contributed by atoms with Crippen LogP contribution in [0.25, 0.3) is 10.9 Å². The van der Waals surface area contributed by atoms with Gasteiger partial charge in [0.05, 0.1) is 10.9 Å². The first kappa shape index (κ1) is 13.2. The van der Waals surface area contributed by atoms with Gasteiger partial charge in [-0.15, -0.1) is 0 Å². The smallest absolute Gasteiger partial charge is 0.296 e. The minimum atomic E-state index is -0.195. The first-order chi connectivity index (χ1) is 9.68. The van der Waals surface area contributed by atoms with Gasteiger partial charge in [0.1, 0.15) is 0 Å². The summed E-state index contributed by atoms with van der Waals surface area (Å²) in [5.41, 5.74) is 0.371. The van der Waals surface area contributed by atoms with Crippen molar-refractivity contribution in [2.75, 3.05) is 0 Å². The van der Waals surface area contributed by atoms with Crippen molar-refractivity contribution in [3.63, 3.8) is 0 Å². The maximum atomic E-state index is 12.5. The van der Waals surface area contributed by atoms with Gasteiger partial charge in [-0.25, -0.2) is 4.79 Å². The minimum absolute atomic E-state index is 0.144. The molecule has 2 aromatic rings. The summed E-state index contributed by atoms with van der Waals surface area (Å²) in [6.45, 7) is 0.566. The van der Waals surface area contributed by atoms with Crippen LogP contribution in [0, 0.1) is 5.92 Å². The van der Waals surface area contributed by atoms with Crippen LogP contribution in [0.15, 0.2) is 33.9 Å². The van der Waals surface area contributed by atoms with Crippen LogP contribution in [0.2, 0.25) is 0 Å². The molecule has 4 nitrogen and oxygen atoms in total. The average molecular weight is 272 g/mol.